The Morgan fingerprint density at radius 1 is 1.33 bits per heavy atom. The lowest BCUT2D eigenvalue weighted by Crippen LogP contribution is -2.14. The maximum atomic E-state index is 10.6. The van der Waals surface area contributed by atoms with E-state index >= 15 is 0 Å². The van der Waals surface area contributed by atoms with Crippen LogP contribution in [-0.2, 0) is 6.42 Å². The van der Waals surface area contributed by atoms with Crippen molar-refractivity contribution >= 4 is 23.2 Å². The Morgan fingerprint density at radius 2 is 2.05 bits per heavy atom. The van der Waals surface area contributed by atoms with Crippen LogP contribution < -0.4 is 4.74 Å². The molecule has 2 rings (SSSR count). The van der Waals surface area contributed by atoms with Gasteiger partial charge < -0.3 is 9.84 Å². The third kappa shape index (κ3) is 3.51. The number of rotatable bonds is 5. The molecule has 0 bridgehead atoms. The molecule has 0 radical (unpaired) electrons. The average Bonchev–Trinajstić information content (AvgIpc) is 2.86. The number of ether oxygens (including phenoxy) is 1. The number of nitrogens with zero attached hydrogens (tertiary/aromatic N) is 2. The van der Waals surface area contributed by atoms with Crippen LogP contribution in [0.1, 0.15) is 37.3 Å². The summed E-state index contributed by atoms with van der Waals surface area (Å²) in [7, 11) is 1.56. The maximum absolute atomic E-state index is 10.6. The van der Waals surface area contributed by atoms with E-state index in [-0.39, 0.29) is 6.04 Å². The molecule has 0 fully saturated rings. The minimum absolute atomic E-state index is 0.124. The van der Waals surface area contributed by atoms with Gasteiger partial charge in [-0.2, -0.15) is 5.10 Å². The van der Waals surface area contributed by atoms with E-state index in [0.717, 1.165) is 5.56 Å². The average molecular weight is 329 g/mol. The number of benzene rings is 1. The molecule has 21 heavy (non-hydrogen) atoms. The number of hydrogen-bond acceptors (Lipinski definition) is 3. The Morgan fingerprint density at radius 3 is 2.62 bits per heavy atom. The second-order valence-electron chi connectivity index (χ2n) is 5.09. The van der Waals surface area contributed by atoms with E-state index in [2.05, 4.69) is 5.10 Å². The first-order chi connectivity index (χ1) is 9.93. The quantitative estimate of drug-likeness (QED) is 0.900. The van der Waals surface area contributed by atoms with Gasteiger partial charge in [0.2, 0.25) is 0 Å². The lowest BCUT2D eigenvalue weighted by Gasteiger charge is -2.17. The van der Waals surface area contributed by atoms with Crippen LogP contribution in [0.25, 0.3) is 0 Å². The molecule has 114 valence electrons. The molecule has 1 aromatic heterocycles. The Hall–Kier alpha value is -1.23. The van der Waals surface area contributed by atoms with Gasteiger partial charge in [-0.05, 0) is 31.5 Å². The number of aliphatic hydroxyl groups excluding tert-OH is 1. The van der Waals surface area contributed by atoms with Gasteiger partial charge in [0.25, 0.3) is 0 Å². The molecule has 4 nitrogen and oxygen atoms in total. The van der Waals surface area contributed by atoms with Gasteiger partial charge in [0.05, 0.1) is 13.3 Å². The summed E-state index contributed by atoms with van der Waals surface area (Å²) in [5, 5.41) is 15.9. The molecule has 1 unspecified atom stereocenters. The summed E-state index contributed by atoms with van der Waals surface area (Å²) in [5.74, 6) is 0.571. The lowest BCUT2D eigenvalue weighted by molar-refractivity contribution is 0.160. The summed E-state index contributed by atoms with van der Waals surface area (Å²) < 4.78 is 7.04. The monoisotopic (exact) mass is 328 g/mol. The van der Waals surface area contributed by atoms with Crippen LogP contribution in [0.4, 0.5) is 0 Å². The Kier molecular flexibility index (Phi) is 5.14. The van der Waals surface area contributed by atoms with E-state index in [9.17, 15) is 5.11 Å². The van der Waals surface area contributed by atoms with Gasteiger partial charge in [0.15, 0.2) is 5.75 Å². The van der Waals surface area contributed by atoms with E-state index < -0.39 is 6.10 Å². The van der Waals surface area contributed by atoms with Crippen molar-refractivity contribution in [2.45, 2.75) is 32.4 Å². The summed E-state index contributed by atoms with van der Waals surface area (Å²) in [6.07, 6.45) is 1.22. The molecule has 2 aromatic rings. The van der Waals surface area contributed by atoms with Crippen molar-refractivity contribution in [3.05, 3.63) is 45.7 Å². The fraction of sp³-hybridized carbons (Fsp3) is 0.400. The highest BCUT2D eigenvalue weighted by molar-refractivity contribution is 6.35. The van der Waals surface area contributed by atoms with Gasteiger partial charge in [-0.3, -0.25) is 4.68 Å². The molecule has 1 atom stereocenters. The smallest absolute Gasteiger partial charge is 0.162 e. The SMILES string of the molecule is COc1cnn(C(C)C)c1C(O)Cc1ccc(Cl)cc1Cl. The van der Waals surface area contributed by atoms with Crippen LogP contribution in [0.3, 0.4) is 0 Å². The third-order valence-electron chi connectivity index (χ3n) is 3.25. The van der Waals surface area contributed by atoms with Crippen LogP contribution in [-0.4, -0.2) is 22.0 Å². The number of halogens is 2. The van der Waals surface area contributed by atoms with Crippen molar-refractivity contribution in [1.29, 1.82) is 0 Å². The first kappa shape index (κ1) is 16.1. The molecule has 0 aliphatic rings. The van der Waals surface area contributed by atoms with Crippen molar-refractivity contribution < 1.29 is 9.84 Å². The van der Waals surface area contributed by atoms with Crippen LogP contribution >= 0.6 is 23.2 Å². The van der Waals surface area contributed by atoms with Crippen LogP contribution in [0, 0.1) is 0 Å². The Labute approximate surface area is 134 Å². The van der Waals surface area contributed by atoms with Crippen LogP contribution in [0.5, 0.6) is 5.75 Å². The van der Waals surface area contributed by atoms with E-state index in [4.69, 9.17) is 27.9 Å². The molecular weight excluding hydrogens is 311 g/mol. The molecule has 1 heterocycles. The number of hydrogen-bond donors (Lipinski definition) is 1. The molecule has 0 saturated carbocycles. The molecule has 0 amide bonds. The number of aliphatic hydroxyl groups is 1. The molecule has 0 saturated heterocycles. The largest absolute Gasteiger partial charge is 0.493 e. The predicted molar refractivity (Wildman–Crippen MR) is 84.3 cm³/mol. The highest BCUT2D eigenvalue weighted by atomic mass is 35.5. The fourth-order valence-corrected chi connectivity index (χ4v) is 2.72. The van der Waals surface area contributed by atoms with Gasteiger partial charge in [0, 0.05) is 22.5 Å². The Bertz CT molecular complexity index is 626. The summed E-state index contributed by atoms with van der Waals surface area (Å²) in [5.41, 5.74) is 1.48. The van der Waals surface area contributed by atoms with E-state index in [1.165, 1.54) is 0 Å². The standard InChI is InChI=1S/C15H18Cl2N2O2/c1-9(2)19-15(14(21-3)8-18-19)13(20)6-10-4-5-11(16)7-12(10)17/h4-5,7-9,13,20H,6H2,1-3H3. The normalized spacial score (nSPS) is 12.7. The predicted octanol–water partition coefficient (Wildman–Crippen LogP) is 4.06. The highest BCUT2D eigenvalue weighted by Gasteiger charge is 2.22. The first-order valence-electron chi connectivity index (χ1n) is 6.67. The van der Waals surface area contributed by atoms with Gasteiger partial charge in [-0.1, -0.05) is 29.3 Å². The van der Waals surface area contributed by atoms with Gasteiger partial charge in [-0.15, -0.1) is 0 Å². The van der Waals surface area contributed by atoms with Gasteiger partial charge >= 0.3 is 0 Å². The first-order valence-corrected chi connectivity index (χ1v) is 7.43. The second-order valence-corrected chi connectivity index (χ2v) is 5.94. The molecule has 0 aliphatic heterocycles. The van der Waals surface area contributed by atoms with Gasteiger partial charge in [-0.25, -0.2) is 0 Å². The van der Waals surface area contributed by atoms with Crippen LogP contribution in [0.2, 0.25) is 10.0 Å². The summed E-state index contributed by atoms with van der Waals surface area (Å²) >= 11 is 12.0. The van der Waals surface area contributed by atoms with E-state index in [1.807, 2.05) is 19.9 Å². The fourth-order valence-electron chi connectivity index (χ4n) is 2.23. The second kappa shape index (κ2) is 6.69. The zero-order valence-electron chi connectivity index (χ0n) is 12.2. The molecule has 0 aliphatic carbocycles. The van der Waals surface area contributed by atoms with Crippen LogP contribution in [0.15, 0.2) is 24.4 Å². The summed E-state index contributed by atoms with van der Waals surface area (Å²) in [6, 6.07) is 5.37. The zero-order valence-corrected chi connectivity index (χ0v) is 13.7. The van der Waals surface area contributed by atoms with E-state index in [0.29, 0.717) is 27.9 Å². The number of aromatic nitrogens is 2. The maximum Gasteiger partial charge on any atom is 0.162 e. The molecular formula is C15H18Cl2N2O2. The van der Waals surface area contributed by atoms with Crippen molar-refractivity contribution in [3.8, 4) is 5.75 Å². The lowest BCUT2D eigenvalue weighted by atomic mass is 10.0. The van der Waals surface area contributed by atoms with E-state index in [1.54, 1.807) is 30.1 Å². The van der Waals surface area contributed by atoms with Crippen molar-refractivity contribution in [1.82, 2.24) is 9.78 Å². The minimum Gasteiger partial charge on any atom is -0.493 e. The summed E-state index contributed by atoms with van der Waals surface area (Å²) in [6.45, 7) is 4.00. The zero-order chi connectivity index (χ0) is 15.6. The highest BCUT2D eigenvalue weighted by Crippen LogP contribution is 2.31. The van der Waals surface area contributed by atoms with Crippen molar-refractivity contribution in [2.75, 3.05) is 7.11 Å². The molecule has 1 aromatic carbocycles. The number of methoxy groups -OCH3 is 1. The van der Waals surface area contributed by atoms with Crippen molar-refractivity contribution in [3.63, 3.8) is 0 Å². The Balaban J connectivity index is 2.31. The molecule has 0 spiro atoms. The van der Waals surface area contributed by atoms with Gasteiger partial charge in [0.1, 0.15) is 11.8 Å². The molecule has 1 N–H and O–H groups in total. The minimum atomic E-state index is -0.761. The third-order valence-corrected chi connectivity index (χ3v) is 3.84. The molecule has 6 heteroatoms. The topological polar surface area (TPSA) is 47.3 Å². The van der Waals surface area contributed by atoms with Crippen molar-refractivity contribution in [2.24, 2.45) is 0 Å². The summed E-state index contributed by atoms with van der Waals surface area (Å²) in [4.78, 5) is 0.